The number of carbonyl (C=O) groups is 1. The van der Waals surface area contributed by atoms with E-state index >= 15 is 0 Å². The van der Waals surface area contributed by atoms with Crippen molar-refractivity contribution in [1.82, 2.24) is 5.32 Å². The van der Waals surface area contributed by atoms with Crippen LogP contribution in [0.1, 0.15) is 42.5 Å². The maximum atomic E-state index is 13.6. The Morgan fingerprint density at radius 3 is 2.65 bits per heavy atom. The summed E-state index contributed by atoms with van der Waals surface area (Å²) >= 11 is 3.54. The van der Waals surface area contributed by atoms with Gasteiger partial charge in [0.05, 0.1) is 5.56 Å². The van der Waals surface area contributed by atoms with Gasteiger partial charge < -0.3 is 10.4 Å². The molecule has 0 aromatic heterocycles. The molecule has 0 saturated heterocycles. The Bertz CT molecular complexity index is 487. The first-order valence-corrected chi connectivity index (χ1v) is 8.01. The highest BCUT2D eigenvalue weighted by molar-refractivity contribution is 9.09. The fourth-order valence-corrected chi connectivity index (χ4v) is 3.47. The molecule has 0 aliphatic heterocycles. The quantitative estimate of drug-likeness (QED) is 0.820. The van der Waals surface area contributed by atoms with Crippen LogP contribution < -0.4 is 5.32 Å². The van der Waals surface area contributed by atoms with Crippen molar-refractivity contribution in [1.29, 1.82) is 0 Å². The molecule has 2 N–H and O–H groups in total. The summed E-state index contributed by atoms with van der Waals surface area (Å²) in [5.74, 6) is -1.30. The lowest BCUT2D eigenvalue weighted by Crippen LogP contribution is -2.40. The predicted molar refractivity (Wildman–Crippen MR) is 79.7 cm³/mol. The van der Waals surface area contributed by atoms with E-state index in [9.17, 15) is 9.18 Å². The second kappa shape index (κ2) is 6.57. The number of carbonyl (C=O) groups excluding carboxylic acids is 1. The van der Waals surface area contributed by atoms with Crippen LogP contribution in [0.2, 0.25) is 0 Å². The summed E-state index contributed by atoms with van der Waals surface area (Å²) < 4.78 is 13.6. The molecule has 0 atom stereocenters. The van der Waals surface area contributed by atoms with Gasteiger partial charge in [-0.1, -0.05) is 35.2 Å². The summed E-state index contributed by atoms with van der Waals surface area (Å²) in [5.41, 5.74) is 0.0599. The first kappa shape index (κ1) is 15.3. The molecule has 1 aromatic carbocycles. The molecule has 1 aromatic rings. The van der Waals surface area contributed by atoms with Gasteiger partial charge in [-0.2, -0.15) is 0 Å². The van der Waals surface area contributed by atoms with Gasteiger partial charge in [-0.05, 0) is 30.4 Å². The van der Waals surface area contributed by atoms with Crippen molar-refractivity contribution in [2.24, 2.45) is 5.41 Å². The van der Waals surface area contributed by atoms with E-state index in [1.54, 1.807) is 0 Å². The molecule has 5 heteroatoms. The monoisotopic (exact) mass is 343 g/mol. The van der Waals surface area contributed by atoms with Crippen LogP contribution in [-0.4, -0.2) is 22.9 Å². The molecule has 2 rings (SSSR count). The first-order chi connectivity index (χ1) is 9.56. The lowest BCUT2D eigenvalue weighted by Gasteiger charge is -2.35. The number of hydrogen-bond donors (Lipinski definition) is 2. The van der Waals surface area contributed by atoms with Gasteiger partial charge in [0.25, 0.3) is 5.91 Å². The number of amides is 1. The maximum Gasteiger partial charge on any atom is 0.254 e. The first-order valence-electron chi connectivity index (χ1n) is 6.89. The van der Waals surface area contributed by atoms with Crippen LogP contribution in [0.4, 0.5) is 4.39 Å². The minimum atomic E-state index is -0.695. The standard InChI is InChI=1S/C15H19BrFNO2/c16-9-15(6-2-1-3-7-15)10-18-14(20)12-5-4-11(19)8-13(12)17/h4-5,8,19H,1-3,6-7,9-10H2,(H,18,20). The Balaban J connectivity index is 2.00. The van der Waals surface area contributed by atoms with E-state index in [-0.39, 0.29) is 16.7 Å². The highest BCUT2D eigenvalue weighted by atomic mass is 79.9. The zero-order valence-corrected chi connectivity index (χ0v) is 12.9. The molecular formula is C15H19BrFNO2. The summed E-state index contributed by atoms with van der Waals surface area (Å²) in [6, 6.07) is 3.58. The van der Waals surface area contributed by atoms with E-state index in [0.29, 0.717) is 6.54 Å². The van der Waals surface area contributed by atoms with Crippen LogP contribution in [0.5, 0.6) is 5.75 Å². The van der Waals surface area contributed by atoms with Crippen LogP contribution in [-0.2, 0) is 0 Å². The molecule has 1 aliphatic rings. The number of aromatic hydroxyl groups is 1. The van der Waals surface area contributed by atoms with Crippen molar-refractivity contribution >= 4 is 21.8 Å². The minimum absolute atomic E-state index is 0.0247. The van der Waals surface area contributed by atoms with Crippen LogP contribution >= 0.6 is 15.9 Å². The minimum Gasteiger partial charge on any atom is -0.508 e. The fourth-order valence-electron chi connectivity index (χ4n) is 2.71. The van der Waals surface area contributed by atoms with Gasteiger partial charge in [0.15, 0.2) is 0 Å². The van der Waals surface area contributed by atoms with Gasteiger partial charge in [0.1, 0.15) is 11.6 Å². The van der Waals surface area contributed by atoms with Gasteiger partial charge in [-0.15, -0.1) is 0 Å². The molecular weight excluding hydrogens is 325 g/mol. The van der Waals surface area contributed by atoms with Gasteiger partial charge >= 0.3 is 0 Å². The van der Waals surface area contributed by atoms with Gasteiger partial charge in [0, 0.05) is 17.9 Å². The molecule has 110 valence electrons. The molecule has 0 unspecified atom stereocenters. The number of phenols is 1. The molecule has 3 nitrogen and oxygen atoms in total. The van der Waals surface area contributed by atoms with Crippen molar-refractivity contribution in [3.8, 4) is 5.75 Å². The van der Waals surface area contributed by atoms with E-state index in [1.807, 2.05) is 0 Å². The average Bonchev–Trinajstić information content (AvgIpc) is 2.46. The highest BCUT2D eigenvalue weighted by Gasteiger charge is 2.31. The second-order valence-electron chi connectivity index (χ2n) is 5.54. The summed E-state index contributed by atoms with van der Waals surface area (Å²) in [7, 11) is 0. The maximum absolute atomic E-state index is 13.6. The number of alkyl halides is 1. The third-order valence-corrected chi connectivity index (χ3v) is 5.21. The molecule has 1 fully saturated rings. The SMILES string of the molecule is O=C(NCC1(CBr)CCCCC1)c1ccc(O)cc1F. The molecule has 0 heterocycles. The predicted octanol–water partition coefficient (Wildman–Crippen LogP) is 3.61. The third kappa shape index (κ3) is 3.51. The van der Waals surface area contributed by atoms with E-state index in [4.69, 9.17) is 5.11 Å². The van der Waals surface area contributed by atoms with Gasteiger partial charge in [-0.3, -0.25) is 4.79 Å². The topological polar surface area (TPSA) is 49.3 Å². The van der Waals surface area contributed by atoms with Crippen molar-refractivity contribution in [2.75, 3.05) is 11.9 Å². The van der Waals surface area contributed by atoms with Crippen molar-refractivity contribution in [2.45, 2.75) is 32.1 Å². The van der Waals surface area contributed by atoms with Crippen molar-refractivity contribution < 1.29 is 14.3 Å². The Labute approximate surface area is 126 Å². The molecule has 1 aliphatic carbocycles. The number of halogens is 2. The summed E-state index contributed by atoms with van der Waals surface area (Å²) in [4.78, 5) is 12.0. The molecule has 0 spiro atoms. The second-order valence-corrected chi connectivity index (χ2v) is 6.10. The van der Waals surface area contributed by atoms with Gasteiger partial charge in [-0.25, -0.2) is 4.39 Å². The van der Waals surface area contributed by atoms with Crippen LogP contribution in [0.25, 0.3) is 0 Å². The highest BCUT2D eigenvalue weighted by Crippen LogP contribution is 2.37. The van der Waals surface area contributed by atoms with Gasteiger partial charge in [0.2, 0.25) is 0 Å². The Kier molecular flexibility index (Phi) is 5.02. The normalized spacial score (nSPS) is 17.7. The van der Waals surface area contributed by atoms with E-state index in [2.05, 4.69) is 21.2 Å². The summed E-state index contributed by atoms with van der Waals surface area (Å²) in [6.07, 6.45) is 5.76. The smallest absolute Gasteiger partial charge is 0.254 e. The van der Waals surface area contributed by atoms with E-state index in [1.165, 1.54) is 31.4 Å². The van der Waals surface area contributed by atoms with Crippen LogP contribution in [0.15, 0.2) is 18.2 Å². The summed E-state index contributed by atoms with van der Waals surface area (Å²) in [5, 5.41) is 12.8. The molecule has 0 bridgehead atoms. The number of hydrogen-bond acceptors (Lipinski definition) is 2. The van der Waals surface area contributed by atoms with Crippen LogP contribution in [0, 0.1) is 11.2 Å². The lowest BCUT2D eigenvalue weighted by atomic mass is 9.75. The Morgan fingerprint density at radius 2 is 2.05 bits per heavy atom. The fraction of sp³-hybridized carbons (Fsp3) is 0.533. The largest absolute Gasteiger partial charge is 0.508 e. The Hall–Kier alpha value is -1.10. The zero-order chi connectivity index (χ0) is 14.6. The molecule has 0 radical (unpaired) electrons. The van der Waals surface area contributed by atoms with Crippen LogP contribution in [0.3, 0.4) is 0 Å². The number of benzene rings is 1. The zero-order valence-electron chi connectivity index (χ0n) is 11.3. The molecule has 1 amide bonds. The summed E-state index contributed by atoms with van der Waals surface area (Å²) in [6.45, 7) is 0.553. The third-order valence-electron chi connectivity index (χ3n) is 4.02. The number of rotatable bonds is 4. The Morgan fingerprint density at radius 1 is 1.35 bits per heavy atom. The molecule has 20 heavy (non-hydrogen) atoms. The average molecular weight is 344 g/mol. The lowest BCUT2D eigenvalue weighted by molar-refractivity contribution is 0.0918. The van der Waals surface area contributed by atoms with E-state index in [0.717, 1.165) is 24.2 Å². The molecule has 1 saturated carbocycles. The van der Waals surface area contributed by atoms with E-state index < -0.39 is 11.7 Å². The van der Waals surface area contributed by atoms with Crippen molar-refractivity contribution in [3.05, 3.63) is 29.6 Å². The van der Waals surface area contributed by atoms with Crippen molar-refractivity contribution in [3.63, 3.8) is 0 Å². The number of nitrogens with one attached hydrogen (secondary N) is 1. The number of phenolic OH excluding ortho intramolecular Hbond substituents is 1.